The number of aliphatic hydroxyl groups excluding tert-OH is 11. The number of rotatable bonds is 13. The third kappa shape index (κ3) is 8.05. The summed E-state index contributed by atoms with van der Waals surface area (Å²) in [5.74, 6) is -6.11. The first-order chi connectivity index (χ1) is 21.2. The van der Waals surface area contributed by atoms with E-state index in [-0.39, 0.29) is 0 Å². The molecule has 262 valence electrons. The van der Waals surface area contributed by atoms with Crippen LogP contribution in [0.15, 0.2) is 0 Å². The lowest BCUT2D eigenvalue weighted by molar-refractivity contribution is -0.373. The van der Waals surface area contributed by atoms with Gasteiger partial charge in [0, 0.05) is 13.5 Å². The van der Waals surface area contributed by atoms with Crippen LogP contribution in [0.3, 0.4) is 0 Å². The molecule has 16 atom stereocenters. The van der Waals surface area contributed by atoms with E-state index in [2.05, 4.69) is 5.32 Å². The van der Waals surface area contributed by atoms with E-state index >= 15 is 0 Å². The van der Waals surface area contributed by atoms with Gasteiger partial charge in [-0.15, -0.1) is 0 Å². The topological polar surface area (TPSA) is 344 Å². The van der Waals surface area contributed by atoms with Crippen molar-refractivity contribution >= 4 is 11.9 Å². The molecule has 3 saturated heterocycles. The Morgan fingerprint density at radius 2 is 1.56 bits per heavy atom. The third-order valence-corrected chi connectivity index (χ3v) is 7.76. The molecule has 1 amide bonds. The Balaban J connectivity index is 1.87. The summed E-state index contributed by atoms with van der Waals surface area (Å²) >= 11 is 0. The number of carbonyl (C=O) groups excluding carboxylic acids is 1. The molecule has 0 spiro atoms. The number of carboxylic acid groups (broad SMARTS) is 1. The largest absolute Gasteiger partial charge is 0.477 e. The second-order valence-electron chi connectivity index (χ2n) is 10.8. The molecule has 3 fully saturated rings. The molecule has 13 N–H and O–H groups in total. The van der Waals surface area contributed by atoms with Crippen LogP contribution in [0.4, 0.5) is 0 Å². The summed E-state index contributed by atoms with van der Waals surface area (Å²) in [5.41, 5.74) is 0. The van der Waals surface area contributed by atoms with Gasteiger partial charge in [-0.1, -0.05) is 0 Å². The second kappa shape index (κ2) is 15.9. The molecule has 3 heterocycles. The van der Waals surface area contributed by atoms with Gasteiger partial charge in [0.25, 0.3) is 5.79 Å². The van der Waals surface area contributed by atoms with Gasteiger partial charge in [0.2, 0.25) is 5.91 Å². The average Bonchev–Trinajstić information content (AvgIpc) is 3.02. The highest BCUT2D eigenvalue weighted by molar-refractivity contribution is 5.78. The van der Waals surface area contributed by atoms with Gasteiger partial charge in [-0.3, -0.25) is 4.79 Å². The van der Waals surface area contributed by atoms with Gasteiger partial charge in [0.05, 0.1) is 32.0 Å². The van der Waals surface area contributed by atoms with E-state index in [0.717, 1.165) is 7.11 Å². The van der Waals surface area contributed by atoms with Crippen LogP contribution >= 0.6 is 0 Å². The van der Waals surface area contributed by atoms with E-state index in [0.29, 0.717) is 0 Å². The zero-order valence-electron chi connectivity index (χ0n) is 23.8. The van der Waals surface area contributed by atoms with Crippen molar-refractivity contribution in [2.24, 2.45) is 0 Å². The van der Waals surface area contributed by atoms with Crippen LogP contribution < -0.4 is 5.32 Å². The van der Waals surface area contributed by atoms with Crippen LogP contribution in [0, 0.1) is 0 Å². The normalized spacial score (nSPS) is 43.8. The Morgan fingerprint density at radius 3 is 2.11 bits per heavy atom. The van der Waals surface area contributed by atoms with E-state index < -0.39 is 142 Å². The lowest BCUT2D eigenvalue weighted by Gasteiger charge is -2.50. The number of hydrogen-bond acceptors (Lipinski definition) is 19. The molecular formula is C24H41NO20. The van der Waals surface area contributed by atoms with Crippen molar-refractivity contribution in [2.45, 2.75) is 104 Å². The first-order valence-corrected chi connectivity index (χ1v) is 13.8. The van der Waals surface area contributed by atoms with Gasteiger partial charge >= 0.3 is 5.97 Å². The SMILES string of the molecule is CO[C@H]1O[C@H](CO[C@@H]2O[C@H](CO)[C@H](O)[C@H](O[C@]3(C(=O)O)C[C@H](O)[C@@H](NC(=O)CO)[C@H]([C@H](O)[C@H](O)CO)O3)[C@H]2O)[C@@H](O)[C@H](O)[C@H]1O. The Bertz CT molecular complexity index is 975. The van der Waals surface area contributed by atoms with Crippen LogP contribution in [-0.2, 0) is 38.0 Å². The number of hydrogen-bond donors (Lipinski definition) is 13. The fraction of sp³-hybridized carbons (Fsp3) is 0.917. The molecule has 0 aromatic carbocycles. The van der Waals surface area contributed by atoms with Crippen molar-refractivity contribution in [2.75, 3.05) is 33.5 Å². The molecule has 3 aliphatic rings. The zero-order valence-corrected chi connectivity index (χ0v) is 23.8. The lowest BCUT2D eigenvalue weighted by Crippen LogP contribution is -2.70. The number of carboxylic acids is 1. The third-order valence-electron chi connectivity index (χ3n) is 7.76. The minimum atomic E-state index is -3.04. The zero-order chi connectivity index (χ0) is 33.8. The van der Waals surface area contributed by atoms with E-state index in [4.69, 9.17) is 33.5 Å². The van der Waals surface area contributed by atoms with Crippen LogP contribution in [0.1, 0.15) is 6.42 Å². The fourth-order valence-corrected chi connectivity index (χ4v) is 5.23. The van der Waals surface area contributed by atoms with Crippen LogP contribution in [-0.4, -0.2) is 204 Å². The van der Waals surface area contributed by atoms with Gasteiger partial charge < -0.3 is 95.0 Å². The van der Waals surface area contributed by atoms with Gasteiger partial charge in [0.1, 0.15) is 73.8 Å². The maximum atomic E-state index is 12.6. The van der Waals surface area contributed by atoms with Gasteiger partial charge in [-0.25, -0.2) is 4.79 Å². The minimum absolute atomic E-state index is 0.660. The molecule has 21 nitrogen and oxygen atoms in total. The molecule has 0 unspecified atom stereocenters. The monoisotopic (exact) mass is 663 g/mol. The van der Waals surface area contributed by atoms with E-state index in [1.807, 2.05) is 0 Å². The Kier molecular flexibility index (Phi) is 13.3. The molecule has 45 heavy (non-hydrogen) atoms. The average molecular weight is 664 g/mol. The van der Waals surface area contributed by atoms with Crippen molar-refractivity contribution in [3.63, 3.8) is 0 Å². The van der Waals surface area contributed by atoms with Crippen molar-refractivity contribution in [3.8, 4) is 0 Å². The molecule has 21 heteroatoms. The summed E-state index contributed by atoms with van der Waals surface area (Å²) in [6.07, 6.45) is -26.6. The molecule has 0 aromatic rings. The van der Waals surface area contributed by atoms with Gasteiger partial charge in [-0.2, -0.15) is 0 Å². The van der Waals surface area contributed by atoms with E-state index in [1.54, 1.807) is 0 Å². The van der Waals surface area contributed by atoms with Crippen LogP contribution in [0.2, 0.25) is 0 Å². The number of aliphatic carboxylic acids is 1. The van der Waals surface area contributed by atoms with E-state index in [9.17, 15) is 65.8 Å². The summed E-state index contributed by atoms with van der Waals surface area (Å²) in [7, 11) is 1.15. The molecule has 0 saturated carbocycles. The number of aliphatic hydroxyl groups is 11. The fourth-order valence-electron chi connectivity index (χ4n) is 5.23. The Hall–Kier alpha value is -1.74. The Labute approximate surface area is 254 Å². The molecule has 0 bridgehead atoms. The van der Waals surface area contributed by atoms with E-state index in [1.165, 1.54) is 0 Å². The quantitative estimate of drug-likeness (QED) is 0.0869. The highest BCUT2D eigenvalue weighted by atomic mass is 16.8. The number of amides is 1. The highest BCUT2D eigenvalue weighted by Gasteiger charge is 2.59. The Morgan fingerprint density at radius 1 is 0.911 bits per heavy atom. The van der Waals surface area contributed by atoms with Crippen molar-refractivity contribution in [3.05, 3.63) is 0 Å². The number of nitrogens with one attached hydrogen (secondary N) is 1. The van der Waals surface area contributed by atoms with Crippen LogP contribution in [0.25, 0.3) is 0 Å². The number of methoxy groups -OCH3 is 1. The second-order valence-corrected chi connectivity index (χ2v) is 10.8. The minimum Gasteiger partial charge on any atom is -0.477 e. The van der Waals surface area contributed by atoms with Crippen LogP contribution in [0.5, 0.6) is 0 Å². The standard InChI is InChI=1S/C24H41NO20/c1-40-21-17(36)16(35)14(33)10(43-21)6-41-22-18(37)20(15(34)9(4-27)42-22)45-24(23(38)39)2-7(29)12(25-11(31)5-28)19(44-24)13(32)8(30)3-26/h7-10,12-22,26-30,32-37H,2-6H2,1H3,(H,25,31)(H,38,39)/t7-,8+,9+,10+,12+,13+,14+,15-,16-,17+,18+,19+,20-,21-,22+,24-/m0/s1. The van der Waals surface area contributed by atoms with Crippen molar-refractivity contribution in [1.29, 1.82) is 0 Å². The first kappa shape index (κ1) is 37.7. The van der Waals surface area contributed by atoms with Crippen molar-refractivity contribution < 1.29 is 99.3 Å². The summed E-state index contributed by atoms with van der Waals surface area (Å²) in [6.45, 7) is -3.76. The maximum absolute atomic E-state index is 12.6. The molecule has 0 aromatic heterocycles. The molecule has 3 rings (SSSR count). The molecule has 0 aliphatic carbocycles. The summed E-state index contributed by atoms with van der Waals surface area (Å²) in [6, 6.07) is -1.67. The van der Waals surface area contributed by atoms with Crippen molar-refractivity contribution in [1.82, 2.24) is 5.32 Å². The van der Waals surface area contributed by atoms with Gasteiger partial charge in [0.15, 0.2) is 12.6 Å². The first-order valence-electron chi connectivity index (χ1n) is 13.8. The summed E-state index contributed by atoms with van der Waals surface area (Å²) in [4.78, 5) is 24.4. The lowest BCUT2D eigenvalue weighted by atomic mass is 9.88. The predicted octanol–water partition coefficient (Wildman–Crippen LogP) is -8.60. The molecule has 3 aliphatic heterocycles. The number of ether oxygens (including phenoxy) is 6. The summed E-state index contributed by atoms with van der Waals surface area (Å²) < 4.78 is 32.1. The molecular weight excluding hydrogens is 622 g/mol. The number of carbonyl (C=O) groups is 2. The molecule has 0 radical (unpaired) electrons. The van der Waals surface area contributed by atoms with Gasteiger partial charge in [-0.05, 0) is 0 Å². The highest BCUT2D eigenvalue weighted by Crippen LogP contribution is 2.37. The predicted molar refractivity (Wildman–Crippen MR) is 136 cm³/mol. The maximum Gasteiger partial charge on any atom is 0.364 e. The summed E-state index contributed by atoms with van der Waals surface area (Å²) in [5, 5.41) is 124. The smallest absolute Gasteiger partial charge is 0.364 e.